The number of carbonyl (C=O) groups excluding carboxylic acids is 1. The Morgan fingerprint density at radius 3 is 2.31 bits per heavy atom. The van der Waals surface area contributed by atoms with Crippen LogP contribution in [0.2, 0.25) is 0 Å². The maximum Gasteiger partial charge on any atom is 0.307 e. The predicted molar refractivity (Wildman–Crippen MR) is 55.0 cm³/mol. The number of carbonyl (C=O) groups is 1. The van der Waals surface area contributed by atoms with Crippen molar-refractivity contribution in [2.45, 2.75) is 25.2 Å². The van der Waals surface area contributed by atoms with Gasteiger partial charge in [-0.15, -0.1) is 0 Å². The van der Waals surface area contributed by atoms with E-state index in [0.717, 1.165) is 0 Å². The van der Waals surface area contributed by atoms with E-state index < -0.39 is 17.9 Å². The summed E-state index contributed by atoms with van der Waals surface area (Å²) < 4.78 is 4.52. The fourth-order valence-electron chi connectivity index (χ4n) is 0.524. The van der Waals surface area contributed by atoms with Gasteiger partial charge in [0.1, 0.15) is 5.60 Å². The molecule has 1 unspecified atom stereocenters. The second kappa shape index (κ2) is 5.74. The Kier molecular flexibility index (Phi) is 5.78. The molecule has 0 spiro atoms. The van der Waals surface area contributed by atoms with E-state index in [1.807, 2.05) is 0 Å². The predicted octanol–water partition coefficient (Wildman–Crippen LogP) is -0.151. The average Bonchev–Trinajstić information content (AvgIpc) is 2.16. The Morgan fingerprint density at radius 1 is 1.54 bits per heavy atom. The SMILES string of the molecule is CCC(=O)OC(O)C(O)(CS)CS. The summed E-state index contributed by atoms with van der Waals surface area (Å²) in [5.74, 6) is -0.641. The topological polar surface area (TPSA) is 66.8 Å². The van der Waals surface area contributed by atoms with Crippen LogP contribution in [0.15, 0.2) is 0 Å². The molecule has 0 fully saturated rings. The number of aliphatic hydroxyl groups is 2. The quantitative estimate of drug-likeness (QED) is 0.299. The molecule has 0 aromatic carbocycles. The van der Waals surface area contributed by atoms with Crippen LogP contribution in [0.1, 0.15) is 13.3 Å². The van der Waals surface area contributed by atoms with Gasteiger partial charge in [-0.3, -0.25) is 4.79 Å². The van der Waals surface area contributed by atoms with Gasteiger partial charge in [0.15, 0.2) is 0 Å². The molecule has 0 saturated heterocycles. The summed E-state index contributed by atoms with van der Waals surface area (Å²) in [6, 6.07) is 0. The Balaban J connectivity index is 4.21. The first-order chi connectivity index (χ1) is 6.00. The van der Waals surface area contributed by atoms with Gasteiger partial charge in [-0.2, -0.15) is 25.3 Å². The van der Waals surface area contributed by atoms with Crippen molar-refractivity contribution in [3.8, 4) is 0 Å². The summed E-state index contributed by atoms with van der Waals surface area (Å²) in [6.45, 7) is 1.59. The van der Waals surface area contributed by atoms with Gasteiger partial charge in [-0.05, 0) is 0 Å². The van der Waals surface area contributed by atoms with Gasteiger partial charge in [0.05, 0.1) is 0 Å². The first kappa shape index (κ1) is 13.1. The summed E-state index contributed by atoms with van der Waals surface area (Å²) >= 11 is 7.64. The first-order valence-corrected chi connectivity index (χ1v) is 5.08. The molecule has 78 valence electrons. The van der Waals surface area contributed by atoms with Crippen molar-refractivity contribution in [1.82, 2.24) is 0 Å². The summed E-state index contributed by atoms with van der Waals surface area (Å²) in [6.07, 6.45) is -1.43. The number of aliphatic hydroxyl groups excluding tert-OH is 1. The van der Waals surface area contributed by atoms with Gasteiger partial charge in [-0.25, -0.2) is 0 Å². The first-order valence-electron chi connectivity index (χ1n) is 3.81. The van der Waals surface area contributed by atoms with Crippen LogP contribution >= 0.6 is 25.3 Å². The highest BCUT2D eigenvalue weighted by atomic mass is 32.1. The highest BCUT2D eigenvalue weighted by Crippen LogP contribution is 2.16. The second-order valence-electron chi connectivity index (χ2n) is 2.62. The molecule has 0 aromatic rings. The van der Waals surface area contributed by atoms with E-state index in [-0.39, 0.29) is 17.9 Å². The van der Waals surface area contributed by atoms with E-state index in [1.54, 1.807) is 6.92 Å². The Hall–Kier alpha value is 0.0900. The minimum Gasteiger partial charge on any atom is -0.433 e. The molecule has 0 aliphatic heterocycles. The lowest BCUT2D eigenvalue weighted by Gasteiger charge is -2.28. The minimum absolute atomic E-state index is 0.0331. The zero-order valence-corrected chi connectivity index (χ0v) is 9.09. The van der Waals surface area contributed by atoms with E-state index in [0.29, 0.717) is 0 Å². The molecule has 13 heavy (non-hydrogen) atoms. The molecule has 0 bridgehead atoms. The molecule has 1 atom stereocenters. The van der Waals surface area contributed by atoms with Crippen molar-refractivity contribution in [2.24, 2.45) is 0 Å². The van der Waals surface area contributed by atoms with Crippen LogP contribution in [-0.2, 0) is 9.53 Å². The Labute approximate surface area is 88.1 Å². The summed E-state index contributed by atoms with van der Waals surface area (Å²) in [4.78, 5) is 10.8. The van der Waals surface area contributed by atoms with E-state index in [1.165, 1.54) is 0 Å². The number of thiol groups is 2. The van der Waals surface area contributed by atoms with Gasteiger partial charge in [0.25, 0.3) is 0 Å². The molecule has 0 aliphatic rings. The maximum absolute atomic E-state index is 10.8. The molecule has 0 amide bonds. The van der Waals surface area contributed by atoms with Gasteiger partial charge < -0.3 is 14.9 Å². The third-order valence-electron chi connectivity index (χ3n) is 1.54. The van der Waals surface area contributed by atoms with E-state index >= 15 is 0 Å². The smallest absolute Gasteiger partial charge is 0.307 e. The van der Waals surface area contributed by atoms with E-state index in [2.05, 4.69) is 30.0 Å². The molecule has 2 N–H and O–H groups in total. The summed E-state index contributed by atoms with van der Waals surface area (Å²) in [7, 11) is 0. The van der Waals surface area contributed by atoms with E-state index in [9.17, 15) is 15.0 Å². The lowest BCUT2D eigenvalue weighted by molar-refractivity contribution is -0.203. The Morgan fingerprint density at radius 2 is 2.00 bits per heavy atom. The molecule has 0 heterocycles. The monoisotopic (exact) mass is 226 g/mol. The lowest BCUT2D eigenvalue weighted by Crippen LogP contribution is -2.48. The normalized spacial score (nSPS) is 13.9. The molecule has 0 saturated carbocycles. The van der Waals surface area contributed by atoms with Crippen LogP contribution in [0, 0.1) is 0 Å². The largest absolute Gasteiger partial charge is 0.433 e. The van der Waals surface area contributed by atoms with Crippen molar-refractivity contribution in [1.29, 1.82) is 0 Å². The third-order valence-corrected chi connectivity index (χ3v) is 2.63. The number of esters is 1. The molecular formula is C7H14O4S2. The van der Waals surface area contributed by atoms with Crippen molar-refractivity contribution in [3.05, 3.63) is 0 Å². The van der Waals surface area contributed by atoms with Crippen molar-refractivity contribution in [3.63, 3.8) is 0 Å². The van der Waals surface area contributed by atoms with Crippen LogP contribution in [0.5, 0.6) is 0 Å². The standard InChI is InChI=1S/C7H14O4S2/c1-2-5(8)11-6(9)7(10,3-12)4-13/h6,9-10,12-13H,2-4H2,1H3. The summed E-state index contributed by atoms with van der Waals surface area (Å²) in [5, 5.41) is 18.8. The summed E-state index contributed by atoms with van der Waals surface area (Å²) in [5.41, 5.74) is -1.59. The highest BCUT2D eigenvalue weighted by molar-refractivity contribution is 7.81. The van der Waals surface area contributed by atoms with Gasteiger partial charge >= 0.3 is 5.97 Å². The van der Waals surface area contributed by atoms with Crippen LogP contribution < -0.4 is 0 Å². The lowest BCUT2D eigenvalue weighted by atomic mass is 10.1. The molecule has 0 aliphatic carbocycles. The van der Waals surface area contributed by atoms with Crippen LogP contribution in [0.4, 0.5) is 0 Å². The third kappa shape index (κ3) is 3.76. The van der Waals surface area contributed by atoms with E-state index in [4.69, 9.17) is 0 Å². The minimum atomic E-state index is -1.59. The fourth-order valence-corrected chi connectivity index (χ4v) is 1.24. The van der Waals surface area contributed by atoms with Crippen LogP contribution in [0.3, 0.4) is 0 Å². The molecule has 4 nitrogen and oxygen atoms in total. The molecule has 0 radical (unpaired) electrons. The number of rotatable bonds is 5. The van der Waals surface area contributed by atoms with Gasteiger partial charge in [0.2, 0.25) is 6.29 Å². The zero-order valence-electron chi connectivity index (χ0n) is 7.30. The van der Waals surface area contributed by atoms with Crippen molar-refractivity contribution < 1.29 is 19.7 Å². The maximum atomic E-state index is 10.8. The van der Waals surface area contributed by atoms with Crippen molar-refractivity contribution in [2.75, 3.05) is 11.5 Å². The number of hydrogen-bond donors (Lipinski definition) is 4. The van der Waals surface area contributed by atoms with Gasteiger partial charge in [0, 0.05) is 17.9 Å². The van der Waals surface area contributed by atoms with Crippen molar-refractivity contribution >= 4 is 31.2 Å². The molecule has 0 aromatic heterocycles. The van der Waals surface area contributed by atoms with Crippen LogP contribution in [0.25, 0.3) is 0 Å². The molecule has 6 heteroatoms. The highest BCUT2D eigenvalue weighted by Gasteiger charge is 2.35. The van der Waals surface area contributed by atoms with Gasteiger partial charge in [-0.1, -0.05) is 6.92 Å². The number of ether oxygens (including phenoxy) is 1. The zero-order chi connectivity index (χ0) is 10.5. The average molecular weight is 226 g/mol. The second-order valence-corrected chi connectivity index (χ2v) is 3.25. The Bertz CT molecular complexity index is 170. The number of hydrogen-bond acceptors (Lipinski definition) is 6. The van der Waals surface area contributed by atoms with Crippen LogP contribution in [-0.4, -0.2) is 39.6 Å². The molecule has 0 rings (SSSR count). The fraction of sp³-hybridized carbons (Fsp3) is 0.857. The molecular weight excluding hydrogens is 212 g/mol.